The van der Waals surface area contributed by atoms with Crippen LogP contribution in [0.2, 0.25) is 0 Å². The highest BCUT2D eigenvalue weighted by atomic mass is 16.5. The third-order valence-corrected chi connectivity index (χ3v) is 3.75. The average Bonchev–Trinajstić information content (AvgIpc) is 2.77. The number of imide groups is 1. The summed E-state index contributed by atoms with van der Waals surface area (Å²) in [6, 6.07) is 4.69. The first-order valence-corrected chi connectivity index (χ1v) is 6.87. The van der Waals surface area contributed by atoms with Crippen LogP contribution < -0.4 is 4.90 Å². The lowest BCUT2D eigenvalue weighted by Gasteiger charge is -2.25. The lowest BCUT2D eigenvalue weighted by molar-refractivity contribution is -0.139. The van der Waals surface area contributed by atoms with E-state index in [0.29, 0.717) is 17.7 Å². The highest BCUT2D eigenvalue weighted by Gasteiger charge is 2.33. The number of aliphatic carboxylic acids is 1. The van der Waals surface area contributed by atoms with Crippen LogP contribution in [-0.2, 0) is 25.5 Å². The number of carbonyl (C=O) groups excluding carboxylic acids is 3. The van der Waals surface area contributed by atoms with Crippen LogP contribution in [0.4, 0.5) is 5.69 Å². The van der Waals surface area contributed by atoms with E-state index >= 15 is 0 Å². The quantitative estimate of drug-likeness (QED) is 0.657. The number of amides is 2. The molecule has 0 aromatic heterocycles. The molecule has 1 aromatic rings. The summed E-state index contributed by atoms with van der Waals surface area (Å²) >= 11 is 0. The van der Waals surface area contributed by atoms with E-state index in [1.54, 1.807) is 12.1 Å². The summed E-state index contributed by atoms with van der Waals surface area (Å²) in [6.45, 7) is 0. The van der Waals surface area contributed by atoms with Crippen LogP contribution in [0.15, 0.2) is 18.2 Å². The number of anilines is 1. The summed E-state index contributed by atoms with van der Waals surface area (Å²) in [5.74, 6) is -2.25. The first-order chi connectivity index (χ1) is 10.5. The lowest BCUT2D eigenvalue weighted by atomic mass is 9.96. The van der Waals surface area contributed by atoms with Crippen molar-refractivity contribution in [2.75, 3.05) is 4.90 Å². The number of benzene rings is 1. The Bertz CT molecular complexity index is 679. The smallest absolute Gasteiger partial charge is 0.338 e. The Kier molecular flexibility index (Phi) is 3.40. The van der Waals surface area contributed by atoms with Crippen LogP contribution in [0.5, 0.6) is 0 Å². The second-order valence-electron chi connectivity index (χ2n) is 5.29. The number of rotatable bonds is 3. The molecule has 22 heavy (non-hydrogen) atoms. The number of hydrogen-bond acceptors (Lipinski definition) is 5. The van der Waals surface area contributed by atoms with Gasteiger partial charge in [0.1, 0.15) is 6.10 Å². The van der Waals surface area contributed by atoms with Gasteiger partial charge in [-0.1, -0.05) is 6.07 Å². The zero-order valence-electron chi connectivity index (χ0n) is 11.6. The molecule has 1 aromatic carbocycles. The maximum absolute atomic E-state index is 12.0. The Balaban J connectivity index is 1.90. The van der Waals surface area contributed by atoms with Crippen molar-refractivity contribution in [3.63, 3.8) is 0 Å². The van der Waals surface area contributed by atoms with Crippen LogP contribution in [0.25, 0.3) is 0 Å². The molecule has 1 saturated heterocycles. The van der Waals surface area contributed by atoms with Crippen molar-refractivity contribution >= 4 is 29.4 Å². The van der Waals surface area contributed by atoms with Gasteiger partial charge < -0.3 is 9.84 Å². The first kappa shape index (κ1) is 14.2. The monoisotopic (exact) mass is 303 g/mol. The maximum atomic E-state index is 12.0. The summed E-state index contributed by atoms with van der Waals surface area (Å²) in [4.78, 5) is 47.2. The van der Waals surface area contributed by atoms with Crippen molar-refractivity contribution in [3.05, 3.63) is 29.3 Å². The predicted octanol–water partition coefficient (Wildman–Crippen LogP) is 0.896. The molecule has 0 spiro atoms. The van der Waals surface area contributed by atoms with Crippen molar-refractivity contribution in [2.24, 2.45) is 0 Å². The number of hydrogen-bond donors (Lipinski definition) is 1. The van der Waals surface area contributed by atoms with Crippen molar-refractivity contribution in [3.8, 4) is 0 Å². The highest BCUT2D eigenvalue weighted by Crippen LogP contribution is 2.29. The third-order valence-electron chi connectivity index (χ3n) is 3.75. The van der Waals surface area contributed by atoms with Gasteiger partial charge in [-0.25, -0.2) is 4.79 Å². The number of nitrogens with zero attached hydrogens (tertiary/aromatic N) is 1. The second kappa shape index (κ2) is 5.25. The normalized spacial score (nSPS) is 20.8. The first-order valence-electron chi connectivity index (χ1n) is 6.87. The van der Waals surface area contributed by atoms with Crippen LogP contribution >= 0.6 is 0 Å². The van der Waals surface area contributed by atoms with Crippen molar-refractivity contribution in [1.29, 1.82) is 0 Å². The number of fused-ring (bicyclic) bond motifs is 1. The zero-order valence-corrected chi connectivity index (χ0v) is 11.6. The molecule has 2 amide bonds. The number of esters is 1. The molecular weight excluding hydrogens is 290 g/mol. The third kappa shape index (κ3) is 2.45. The van der Waals surface area contributed by atoms with E-state index in [1.165, 1.54) is 6.07 Å². The minimum absolute atomic E-state index is 0.168. The summed E-state index contributed by atoms with van der Waals surface area (Å²) < 4.78 is 5.09. The largest absolute Gasteiger partial charge is 0.481 e. The Hall–Kier alpha value is -2.70. The number of cyclic esters (lactones) is 1. The molecule has 0 radical (unpaired) electrons. The standard InChI is InChI=1S/C15H13NO6/c17-12-3-4-13(18)16(12)9-2-1-8-5-10(7-14(19)20)22-15(21)11(8)6-9/h1-2,6,10H,3-5,7H2,(H,19,20). The van der Waals surface area contributed by atoms with E-state index < -0.39 is 18.0 Å². The van der Waals surface area contributed by atoms with Gasteiger partial charge in [-0.05, 0) is 17.7 Å². The van der Waals surface area contributed by atoms with E-state index in [2.05, 4.69) is 0 Å². The van der Waals surface area contributed by atoms with Crippen LogP contribution in [0.1, 0.15) is 35.2 Å². The Morgan fingerprint density at radius 1 is 1.23 bits per heavy atom. The fourth-order valence-corrected chi connectivity index (χ4v) is 2.75. The van der Waals surface area contributed by atoms with Crippen LogP contribution in [0, 0.1) is 0 Å². The van der Waals surface area contributed by atoms with Gasteiger partial charge in [-0.15, -0.1) is 0 Å². The van der Waals surface area contributed by atoms with Gasteiger partial charge in [0, 0.05) is 19.3 Å². The van der Waals surface area contributed by atoms with E-state index in [9.17, 15) is 19.2 Å². The Morgan fingerprint density at radius 3 is 2.55 bits per heavy atom. The number of carbonyl (C=O) groups is 4. The number of carboxylic acid groups (broad SMARTS) is 1. The summed E-state index contributed by atoms with van der Waals surface area (Å²) in [5.41, 5.74) is 1.27. The van der Waals surface area contributed by atoms with Gasteiger partial charge in [-0.2, -0.15) is 0 Å². The minimum atomic E-state index is -1.04. The molecule has 2 heterocycles. The molecule has 1 atom stereocenters. The predicted molar refractivity (Wildman–Crippen MR) is 73.3 cm³/mol. The van der Waals surface area contributed by atoms with Gasteiger partial charge >= 0.3 is 11.9 Å². The highest BCUT2D eigenvalue weighted by molar-refractivity contribution is 6.20. The maximum Gasteiger partial charge on any atom is 0.338 e. The van der Waals surface area contributed by atoms with E-state index in [-0.39, 0.29) is 36.6 Å². The Morgan fingerprint density at radius 2 is 1.91 bits per heavy atom. The van der Waals surface area contributed by atoms with Crippen molar-refractivity contribution in [1.82, 2.24) is 0 Å². The average molecular weight is 303 g/mol. The molecule has 0 saturated carbocycles. The summed E-state index contributed by atoms with van der Waals surface area (Å²) in [6.07, 6.45) is -0.313. The molecule has 0 bridgehead atoms. The molecule has 3 rings (SSSR count). The molecule has 1 N–H and O–H groups in total. The molecule has 1 fully saturated rings. The van der Waals surface area contributed by atoms with E-state index in [1.807, 2.05) is 0 Å². The van der Waals surface area contributed by atoms with Crippen molar-refractivity contribution in [2.45, 2.75) is 31.8 Å². The molecule has 0 aliphatic carbocycles. The zero-order chi connectivity index (χ0) is 15.9. The molecule has 2 aliphatic heterocycles. The fourth-order valence-electron chi connectivity index (χ4n) is 2.75. The van der Waals surface area contributed by atoms with Crippen LogP contribution in [0.3, 0.4) is 0 Å². The van der Waals surface area contributed by atoms with Crippen LogP contribution in [-0.4, -0.2) is 35.0 Å². The molecule has 1 unspecified atom stereocenters. The second-order valence-corrected chi connectivity index (χ2v) is 5.29. The summed E-state index contributed by atoms with van der Waals surface area (Å²) in [5, 5.41) is 8.77. The van der Waals surface area contributed by atoms with E-state index in [4.69, 9.17) is 9.84 Å². The Labute approximate surface area is 125 Å². The van der Waals surface area contributed by atoms with Gasteiger partial charge in [0.2, 0.25) is 11.8 Å². The molecular formula is C15H13NO6. The van der Waals surface area contributed by atoms with Gasteiger partial charge in [0.25, 0.3) is 0 Å². The summed E-state index contributed by atoms with van der Waals surface area (Å²) in [7, 11) is 0. The van der Waals surface area contributed by atoms with Crippen molar-refractivity contribution < 1.29 is 29.0 Å². The van der Waals surface area contributed by atoms with Gasteiger partial charge in [0.15, 0.2) is 0 Å². The molecule has 7 heteroatoms. The SMILES string of the molecule is O=C(O)CC1Cc2ccc(N3C(=O)CCC3=O)cc2C(=O)O1. The molecule has 2 aliphatic rings. The minimum Gasteiger partial charge on any atom is -0.481 e. The van der Waals surface area contributed by atoms with E-state index in [0.717, 1.165) is 4.90 Å². The number of ether oxygens (including phenoxy) is 1. The van der Waals surface area contributed by atoms with Gasteiger partial charge in [-0.3, -0.25) is 19.3 Å². The molecule has 7 nitrogen and oxygen atoms in total. The topological polar surface area (TPSA) is 101 Å². The lowest BCUT2D eigenvalue weighted by Crippen LogP contribution is -2.31. The van der Waals surface area contributed by atoms with Gasteiger partial charge in [0.05, 0.1) is 17.7 Å². The number of carboxylic acids is 1. The molecule has 114 valence electrons. The fraction of sp³-hybridized carbons (Fsp3) is 0.333.